The van der Waals surface area contributed by atoms with E-state index >= 15 is 0 Å². The molecule has 0 saturated carbocycles. The lowest BCUT2D eigenvalue weighted by Gasteiger charge is -2.28. The Balaban J connectivity index is 2.43. The fourth-order valence-electron chi connectivity index (χ4n) is 3.08. The molecule has 1 aliphatic carbocycles. The van der Waals surface area contributed by atoms with Crippen LogP contribution in [0.2, 0.25) is 0 Å². The number of Topliss-reactive ketones (excluding diaryl/α,β-unsaturated/α-hetero) is 1. The Labute approximate surface area is 130 Å². The van der Waals surface area contributed by atoms with Gasteiger partial charge in [-0.15, -0.1) is 0 Å². The van der Waals surface area contributed by atoms with Gasteiger partial charge in [0.15, 0.2) is 5.78 Å². The largest absolute Gasteiger partial charge is 0.462 e. The van der Waals surface area contributed by atoms with Crippen LogP contribution in [0.4, 0.5) is 0 Å². The summed E-state index contributed by atoms with van der Waals surface area (Å²) in [5, 5.41) is 0. The number of esters is 2. The lowest BCUT2D eigenvalue weighted by molar-refractivity contribution is -0.150. The minimum absolute atomic E-state index is 0.0136. The van der Waals surface area contributed by atoms with Crippen molar-refractivity contribution >= 4 is 17.7 Å². The summed E-state index contributed by atoms with van der Waals surface area (Å²) in [6.07, 6.45) is 3.40. The zero-order valence-corrected chi connectivity index (χ0v) is 13.4. The van der Waals surface area contributed by atoms with E-state index < -0.39 is 12.2 Å². The lowest BCUT2D eigenvalue weighted by atomic mass is 9.82. The van der Waals surface area contributed by atoms with Crippen LogP contribution in [0.15, 0.2) is 23.3 Å². The van der Waals surface area contributed by atoms with Crippen LogP contribution in [0.25, 0.3) is 0 Å². The number of allylic oxidation sites excluding steroid dienone is 2. The molecule has 0 unspecified atom stereocenters. The normalized spacial score (nSPS) is 37.3. The molecule has 2 rings (SSSR count). The van der Waals surface area contributed by atoms with E-state index in [0.29, 0.717) is 18.4 Å². The second-order valence-electron chi connectivity index (χ2n) is 6.15. The second-order valence-corrected chi connectivity index (χ2v) is 6.15. The van der Waals surface area contributed by atoms with E-state index in [9.17, 15) is 14.4 Å². The first-order chi connectivity index (χ1) is 10.3. The van der Waals surface area contributed by atoms with Crippen molar-refractivity contribution in [1.29, 1.82) is 0 Å². The number of ether oxygens (including phenoxy) is 2. The fourth-order valence-corrected chi connectivity index (χ4v) is 3.08. The Hall–Kier alpha value is -1.91. The lowest BCUT2D eigenvalue weighted by Crippen LogP contribution is -2.35. The van der Waals surface area contributed by atoms with Gasteiger partial charge in [0, 0.05) is 19.8 Å². The van der Waals surface area contributed by atoms with E-state index in [1.807, 2.05) is 13.0 Å². The summed E-state index contributed by atoms with van der Waals surface area (Å²) in [6.45, 7) is 6.77. The molecular weight excluding hydrogens is 284 g/mol. The van der Waals surface area contributed by atoms with Crippen LogP contribution in [0.5, 0.6) is 0 Å². The predicted octanol–water partition coefficient (Wildman–Crippen LogP) is 2.35. The first-order valence-corrected chi connectivity index (χ1v) is 7.54. The van der Waals surface area contributed by atoms with E-state index in [1.54, 1.807) is 19.9 Å². The number of carbonyl (C=O) groups excluding carboxylic acids is 3. The van der Waals surface area contributed by atoms with E-state index in [4.69, 9.17) is 9.47 Å². The fraction of sp³-hybridized carbons (Fsp3) is 0.588. The van der Waals surface area contributed by atoms with Crippen molar-refractivity contribution < 1.29 is 23.9 Å². The monoisotopic (exact) mass is 306 g/mol. The number of hydrogen-bond donors (Lipinski definition) is 0. The van der Waals surface area contributed by atoms with Gasteiger partial charge in [-0.2, -0.15) is 0 Å². The smallest absolute Gasteiger partial charge is 0.309 e. The third kappa shape index (κ3) is 3.46. The van der Waals surface area contributed by atoms with Crippen molar-refractivity contribution in [1.82, 2.24) is 0 Å². The van der Waals surface area contributed by atoms with Crippen LogP contribution in [0.3, 0.4) is 0 Å². The van der Waals surface area contributed by atoms with Gasteiger partial charge in [0.1, 0.15) is 12.2 Å². The molecule has 4 atom stereocenters. The summed E-state index contributed by atoms with van der Waals surface area (Å²) in [4.78, 5) is 35.4. The van der Waals surface area contributed by atoms with Crippen molar-refractivity contribution in [3.05, 3.63) is 23.3 Å². The predicted molar refractivity (Wildman–Crippen MR) is 79.8 cm³/mol. The molecule has 0 spiro atoms. The molecule has 0 bridgehead atoms. The maximum Gasteiger partial charge on any atom is 0.309 e. The van der Waals surface area contributed by atoms with Gasteiger partial charge in [0.2, 0.25) is 0 Å². The standard InChI is InChI=1S/C17H22O5/c1-9-5-6-13(19)10(2)8-15-16(11(3)17(20)22-15)14(7-9)21-12(4)18/h5,8,11,14-16H,6-7H2,1-4H3/b9-5+,10-8+/t11-,14-,15-,16+/m0/s1. The molecule has 1 aliphatic heterocycles. The average Bonchev–Trinajstić information content (AvgIpc) is 2.69. The first kappa shape index (κ1) is 16.5. The van der Waals surface area contributed by atoms with Gasteiger partial charge < -0.3 is 9.47 Å². The minimum atomic E-state index is -0.526. The van der Waals surface area contributed by atoms with Gasteiger partial charge in [0.05, 0.1) is 11.8 Å². The Morgan fingerprint density at radius 2 is 2.00 bits per heavy atom. The van der Waals surface area contributed by atoms with Crippen LogP contribution < -0.4 is 0 Å². The highest BCUT2D eigenvalue weighted by Crippen LogP contribution is 2.36. The molecule has 0 N–H and O–H groups in total. The molecule has 0 radical (unpaired) electrons. The van der Waals surface area contributed by atoms with Crippen molar-refractivity contribution in [2.24, 2.45) is 11.8 Å². The molecule has 1 heterocycles. The van der Waals surface area contributed by atoms with Crippen molar-refractivity contribution in [3.63, 3.8) is 0 Å². The molecule has 2 aliphatic rings. The average molecular weight is 306 g/mol. The highest BCUT2D eigenvalue weighted by Gasteiger charge is 2.46. The van der Waals surface area contributed by atoms with Gasteiger partial charge >= 0.3 is 11.9 Å². The second kappa shape index (κ2) is 6.46. The number of ketones is 1. The molecule has 0 amide bonds. The van der Waals surface area contributed by atoms with Crippen molar-refractivity contribution in [2.45, 2.75) is 52.7 Å². The number of fused-ring (bicyclic) bond motifs is 1. The van der Waals surface area contributed by atoms with Gasteiger partial charge in [-0.1, -0.05) is 18.6 Å². The van der Waals surface area contributed by atoms with Crippen LogP contribution in [0, 0.1) is 11.8 Å². The Morgan fingerprint density at radius 3 is 2.64 bits per heavy atom. The van der Waals surface area contributed by atoms with Gasteiger partial charge in [-0.05, 0) is 25.5 Å². The molecule has 5 nitrogen and oxygen atoms in total. The summed E-state index contributed by atoms with van der Waals surface area (Å²) >= 11 is 0. The Morgan fingerprint density at radius 1 is 1.32 bits per heavy atom. The summed E-state index contributed by atoms with van der Waals surface area (Å²) in [5.74, 6) is -1.33. The third-order valence-corrected chi connectivity index (χ3v) is 4.34. The van der Waals surface area contributed by atoms with Crippen LogP contribution >= 0.6 is 0 Å². The molecule has 1 saturated heterocycles. The van der Waals surface area contributed by atoms with Crippen molar-refractivity contribution in [2.75, 3.05) is 0 Å². The first-order valence-electron chi connectivity index (χ1n) is 7.54. The summed E-state index contributed by atoms with van der Waals surface area (Å²) in [7, 11) is 0. The topological polar surface area (TPSA) is 69.7 Å². The maximum atomic E-state index is 12.0. The van der Waals surface area contributed by atoms with E-state index in [2.05, 4.69) is 0 Å². The SMILES string of the molecule is CC(=O)O[C@H]1C/C(C)=C/CC(=O)/C(C)=C/[C@@H]2OC(=O)[C@@H](C)[C@@H]21. The van der Waals surface area contributed by atoms with E-state index in [0.717, 1.165) is 5.57 Å². The Kier molecular flexibility index (Phi) is 4.84. The van der Waals surface area contributed by atoms with Crippen LogP contribution in [0.1, 0.15) is 40.5 Å². The number of hydrogen-bond acceptors (Lipinski definition) is 5. The number of carbonyl (C=O) groups is 3. The maximum absolute atomic E-state index is 12.0. The third-order valence-electron chi connectivity index (χ3n) is 4.34. The molecule has 120 valence electrons. The highest BCUT2D eigenvalue weighted by molar-refractivity contribution is 5.96. The van der Waals surface area contributed by atoms with Crippen molar-refractivity contribution in [3.8, 4) is 0 Å². The number of rotatable bonds is 1. The Bertz CT molecular complexity index is 557. The molecule has 5 heteroatoms. The molecule has 0 aromatic heterocycles. The van der Waals surface area contributed by atoms with E-state index in [-0.39, 0.29) is 29.6 Å². The molecule has 22 heavy (non-hydrogen) atoms. The van der Waals surface area contributed by atoms with Gasteiger partial charge in [-0.25, -0.2) is 0 Å². The summed E-state index contributed by atoms with van der Waals surface area (Å²) in [6, 6.07) is 0. The molecule has 1 fully saturated rings. The van der Waals surface area contributed by atoms with Gasteiger partial charge in [0.25, 0.3) is 0 Å². The molecular formula is C17H22O5. The zero-order valence-electron chi connectivity index (χ0n) is 13.4. The van der Waals surface area contributed by atoms with Crippen LogP contribution in [-0.4, -0.2) is 29.9 Å². The molecule has 0 aromatic carbocycles. The quantitative estimate of drug-likeness (QED) is 0.549. The minimum Gasteiger partial charge on any atom is -0.462 e. The van der Waals surface area contributed by atoms with Crippen LogP contribution in [-0.2, 0) is 23.9 Å². The van der Waals surface area contributed by atoms with Gasteiger partial charge in [-0.3, -0.25) is 14.4 Å². The van der Waals surface area contributed by atoms with E-state index in [1.165, 1.54) is 6.92 Å². The summed E-state index contributed by atoms with van der Waals surface area (Å²) < 4.78 is 10.9. The summed E-state index contributed by atoms with van der Waals surface area (Å²) in [5.41, 5.74) is 1.55. The molecule has 0 aromatic rings. The highest BCUT2D eigenvalue weighted by atomic mass is 16.6. The zero-order chi connectivity index (χ0) is 16.4.